The molecule has 2 heterocycles. The Hall–Kier alpha value is -2.86. The van der Waals surface area contributed by atoms with Crippen LogP contribution in [0.1, 0.15) is 22.3 Å². The molecule has 0 N–H and O–H groups in total. The van der Waals surface area contributed by atoms with Gasteiger partial charge in [0, 0.05) is 15.6 Å². The highest BCUT2D eigenvalue weighted by molar-refractivity contribution is 7.15. The van der Waals surface area contributed by atoms with Crippen molar-refractivity contribution in [1.29, 1.82) is 0 Å². The lowest BCUT2D eigenvalue weighted by Gasteiger charge is -2.08. The van der Waals surface area contributed by atoms with Crippen LogP contribution in [0.2, 0.25) is 10.0 Å². The Morgan fingerprint density at radius 3 is 2.53 bits per heavy atom. The monoisotopic (exact) mass is 480 g/mol. The van der Waals surface area contributed by atoms with E-state index in [9.17, 15) is 4.79 Å². The van der Waals surface area contributed by atoms with Gasteiger partial charge in [-0.1, -0.05) is 52.7 Å². The van der Waals surface area contributed by atoms with Crippen LogP contribution in [0.15, 0.2) is 59.4 Å². The van der Waals surface area contributed by atoms with Crippen LogP contribution in [0.3, 0.4) is 0 Å². The van der Waals surface area contributed by atoms with Gasteiger partial charge in [-0.3, -0.25) is 4.79 Å². The first-order chi connectivity index (χ1) is 15.4. The maximum absolute atomic E-state index is 13.0. The van der Waals surface area contributed by atoms with Gasteiger partial charge in [0.25, 0.3) is 5.56 Å². The Balaban J connectivity index is 1.42. The van der Waals surface area contributed by atoms with Crippen LogP contribution in [0.25, 0.3) is 22.1 Å². The van der Waals surface area contributed by atoms with Gasteiger partial charge in [-0.25, -0.2) is 9.38 Å². The summed E-state index contributed by atoms with van der Waals surface area (Å²) in [4.78, 5) is 18.4. The number of benzene rings is 3. The van der Waals surface area contributed by atoms with Crippen molar-refractivity contribution in [2.24, 2.45) is 0 Å². The maximum atomic E-state index is 13.0. The molecule has 4 nitrogen and oxygen atoms in total. The molecule has 0 saturated heterocycles. The highest BCUT2D eigenvalue weighted by atomic mass is 35.5. The number of halogens is 2. The summed E-state index contributed by atoms with van der Waals surface area (Å²) in [7, 11) is 0. The summed E-state index contributed by atoms with van der Waals surface area (Å²) in [5.74, 6) is 0.716. The number of aryl methyl sites for hydroxylation is 2. The van der Waals surface area contributed by atoms with E-state index < -0.39 is 0 Å². The van der Waals surface area contributed by atoms with E-state index in [0.29, 0.717) is 31.9 Å². The fourth-order valence-corrected chi connectivity index (χ4v) is 4.98. The van der Waals surface area contributed by atoms with Crippen molar-refractivity contribution in [2.45, 2.75) is 20.5 Å². The third-order valence-electron chi connectivity index (χ3n) is 5.44. The molecule has 3 aromatic carbocycles. The van der Waals surface area contributed by atoms with Gasteiger partial charge in [-0.15, -0.1) is 0 Å². The van der Waals surface area contributed by atoms with E-state index in [1.807, 2.05) is 55.5 Å². The topological polar surface area (TPSA) is 43.6 Å². The van der Waals surface area contributed by atoms with Crippen molar-refractivity contribution in [3.8, 4) is 5.75 Å². The molecule has 0 unspecified atom stereocenters. The Bertz CT molecular complexity index is 1590. The quantitative estimate of drug-likeness (QED) is 0.318. The Morgan fingerprint density at radius 1 is 1.03 bits per heavy atom. The summed E-state index contributed by atoms with van der Waals surface area (Å²) >= 11 is 13.5. The third kappa shape index (κ3) is 3.88. The molecule has 7 heteroatoms. The summed E-state index contributed by atoms with van der Waals surface area (Å²) in [5, 5.41) is 1.17. The molecule has 0 aliphatic heterocycles. The number of rotatable bonds is 4. The molecule has 0 amide bonds. The first-order valence-electron chi connectivity index (χ1n) is 10.00. The summed E-state index contributed by atoms with van der Waals surface area (Å²) in [6, 6.07) is 17.0. The van der Waals surface area contributed by atoms with Crippen molar-refractivity contribution >= 4 is 56.6 Å². The summed E-state index contributed by atoms with van der Waals surface area (Å²) in [6.07, 6.45) is 1.88. The molecule has 5 aromatic rings. The van der Waals surface area contributed by atoms with Crippen LogP contribution in [0, 0.1) is 13.8 Å². The molecular weight excluding hydrogens is 463 g/mol. The molecule has 0 aliphatic rings. The van der Waals surface area contributed by atoms with Gasteiger partial charge in [-0.2, -0.15) is 0 Å². The van der Waals surface area contributed by atoms with Crippen LogP contribution in [-0.2, 0) is 6.61 Å². The SMILES string of the molecule is Cc1cc2nc3s/c(=C\c4ccc(OCc5ccc(Cl)cc5Cl)cc4)c(=O)n3c2cc1C. The Kier molecular flexibility index (Phi) is 5.41. The molecule has 32 heavy (non-hydrogen) atoms. The van der Waals surface area contributed by atoms with Crippen molar-refractivity contribution < 1.29 is 4.74 Å². The smallest absolute Gasteiger partial charge is 0.274 e. The Labute approximate surface area is 198 Å². The van der Waals surface area contributed by atoms with E-state index in [0.717, 1.165) is 27.7 Å². The van der Waals surface area contributed by atoms with Crippen molar-refractivity contribution in [1.82, 2.24) is 9.38 Å². The summed E-state index contributed by atoms with van der Waals surface area (Å²) in [5.41, 5.74) is 5.75. The summed E-state index contributed by atoms with van der Waals surface area (Å²) in [6.45, 7) is 4.44. The van der Waals surface area contributed by atoms with E-state index in [-0.39, 0.29) is 5.56 Å². The predicted octanol–water partition coefficient (Wildman–Crippen LogP) is 5.96. The molecule has 160 valence electrons. The largest absolute Gasteiger partial charge is 0.489 e. The van der Waals surface area contributed by atoms with E-state index >= 15 is 0 Å². The second-order valence-electron chi connectivity index (χ2n) is 7.66. The first kappa shape index (κ1) is 21.0. The second kappa shape index (κ2) is 8.24. The van der Waals surface area contributed by atoms with Crippen LogP contribution in [0.4, 0.5) is 0 Å². The average molecular weight is 481 g/mol. The van der Waals surface area contributed by atoms with Gasteiger partial charge in [0.05, 0.1) is 15.6 Å². The number of hydrogen-bond acceptors (Lipinski definition) is 4. The minimum Gasteiger partial charge on any atom is -0.489 e. The van der Waals surface area contributed by atoms with Crippen LogP contribution in [0.5, 0.6) is 5.75 Å². The minimum absolute atomic E-state index is 0.0477. The zero-order valence-electron chi connectivity index (χ0n) is 17.4. The molecular formula is C25H18Cl2N2O2S. The number of hydrogen-bond donors (Lipinski definition) is 0. The number of thiazole rings is 1. The van der Waals surface area contributed by atoms with Crippen molar-refractivity contribution in [3.63, 3.8) is 0 Å². The fourth-order valence-electron chi connectivity index (χ4n) is 3.53. The van der Waals surface area contributed by atoms with Crippen LogP contribution < -0.4 is 14.8 Å². The first-order valence-corrected chi connectivity index (χ1v) is 11.6. The summed E-state index contributed by atoms with van der Waals surface area (Å²) < 4.78 is 8.18. The number of fused-ring (bicyclic) bond motifs is 3. The molecule has 0 atom stereocenters. The molecule has 2 aromatic heterocycles. The van der Waals surface area contributed by atoms with Gasteiger partial charge in [0.1, 0.15) is 12.4 Å². The maximum Gasteiger partial charge on any atom is 0.274 e. The second-order valence-corrected chi connectivity index (χ2v) is 9.52. The van der Waals surface area contributed by atoms with Gasteiger partial charge in [0.2, 0.25) is 0 Å². The third-order valence-corrected chi connectivity index (χ3v) is 7.00. The molecule has 0 fully saturated rings. The minimum atomic E-state index is -0.0477. The number of aromatic nitrogens is 2. The van der Waals surface area contributed by atoms with Crippen molar-refractivity contribution in [2.75, 3.05) is 0 Å². The molecule has 0 bridgehead atoms. The van der Waals surface area contributed by atoms with Crippen LogP contribution in [-0.4, -0.2) is 9.38 Å². The molecule has 0 radical (unpaired) electrons. The zero-order chi connectivity index (χ0) is 22.4. The molecule has 0 saturated carbocycles. The normalized spacial score (nSPS) is 12.2. The molecule has 5 rings (SSSR count). The van der Waals surface area contributed by atoms with E-state index in [1.165, 1.54) is 16.9 Å². The molecule has 0 spiro atoms. The fraction of sp³-hybridized carbons (Fsp3) is 0.120. The number of ether oxygens (including phenoxy) is 1. The van der Waals surface area contributed by atoms with E-state index in [2.05, 4.69) is 11.9 Å². The Morgan fingerprint density at radius 2 is 1.78 bits per heavy atom. The lowest BCUT2D eigenvalue weighted by Crippen LogP contribution is -2.22. The highest BCUT2D eigenvalue weighted by Crippen LogP contribution is 2.23. The van der Waals surface area contributed by atoms with E-state index in [1.54, 1.807) is 16.5 Å². The van der Waals surface area contributed by atoms with Gasteiger partial charge < -0.3 is 4.74 Å². The van der Waals surface area contributed by atoms with E-state index in [4.69, 9.17) is 27.9 Å². The zero-order valence-corrected chi connectivity index (χ0v) is 19.7. The average Bonchev–Trinajstić information content (AvgIpc) is 3.25. The predicted molar refractivity (Wildman–Crippen MR) is 132 cm³/mol. The number of imidazole rings is 1. The standard InChI is InChI=1S/C25H18Cl2N2O2S/c1-14-9-21-22(10-15(14)2)29-24(30)23(32-25(29)28-21)11-16-3-7-19(8-4-16)31-13-17-5-6-18(26)12-20(17)27/h3-12H,13H2,1-2H3/b23-11-. The van der Waals surface area contributed by atoms with Gasteiger partial charge in [0.15, 0.2) is 4.96 Å². The van der Waals surface area contributed by atoms with Gasteiger partial charge >= 0.3 is 0 Å². The highest BCUT2D eigenvalue weighted by Gasteiger charge is 2.12. The van der Waals surface area contributed by atoms with Crippen LogP contribution >= 0.6 is 34.5 Å². The lowest BCUT2D eigenvalue weighted by molar-refractivity contribution is 0.306. The van der Waals surface area contributed by atoms with Crippen molar-refractivity contribution in [3.05, 3.63) is 102 Å². The van der Waals surface area contributed by atoms with Gasteiger partial charge in [-0.05, 0) is 73.0 Å². The molecule has 0 aliphatic carbocycles. The lowest BCUT2D eigenvalue weighted by atomic mass is 10.1. The number of nitrogens with zero attached hydrogens (tertiary/aromatic N) is 2.